The van der Waals surface area contributed by atoms with Crippen LogP contribution < -0.4 is 10.1 Å². The number of carbonyl (C=O) groups excluding carboxylic acids is 2. The number of furan rings is 1. The maximum absolute atomic E-state index is 12.3. The molecule has 0 saturated carbocycles. The number of rotatable bonds is 8. The van der Waals surface area contributed by atoms with Crippen LogP contribution in [0.1, 0.15) is 43.4 Å². The van der Waals surface area contributed by atoms with Crippen LogP contribution in [0.5, 0.6) is 5.75 Å². The van der Waals surface area contributed by atoms with Crippen molar-refractivity contribution in [2.45, 2.75) is 39.3 Å². The fourth-order valence-electron chi connectivity index (χ4n) is 2.49. The Bertz CT molecular complexity index is 789. The molecule has 6 heteroatoms. The zero-order valence-corrected chi connectivity index (χ0v) is 16.0. The minimum atomic E-state index is -0.516. The highest BCUT2D eigenvalue weighted by atomic mass is 16.5. The third-order valence-electron chi connectivity index (χ3n) is 3.73. The lowest BCUT2D eigenvalue weighted by Gasteiger charge is -2.19. The number of ether oxygens (including phenoxy) is 2. The Morgan fingerprint density at radius 1 is 1.15 bits per heavy atom. The number of amides is 1. The van der Waals surface area contributed by atoms with Gasteiger partial charge >= 0.3 is 5.97 Å². The summed E-state index contributed by atoms with van der Waals surface area (Å²) >= 11 is 0. The largest absolute Gasteiger partial charge is 0.497 e. The van der Waals surface area contributed by atoms with Gasteiger partial charge in [-0.15, -0.1) is 0 Å². The van der Waals surface area contributed by atoms with E-state index >= 15 is 0 Å². The molecule has 0 fully saturated rings. The van der Waals surface area contributed by atoms with E-state index in [0.717, 1.165) is 11.3 Å². The van der Waals surface area contributed by atoms with Crippen LogP contribution in [-0.2, 0) is 14.3 Å². The van der Waals surface area contributed by atoms with E-state index < -0.39 is 6.04 Å². The molecule has 1 amide bonds. The number of methoxy groups -OCH3 is 1. The van der Waals surface area contributed by atoms with E-state index in [2.05, 4.69) is 5.32 Å². The third-order valence-corrected chi connectivity index (χ3v) is 3.73. The number of nitrogens with one attached hydrogen (secondary N) is 1. The van der Waals surface area contributed by atoms with Gasteiger partial charge in [0.15, 0.2) is 0 Å². The first-order valence-electron chi connectivity index (χ1n) is 8.76. The lowest BCUT2D eigenvalue weighted by atomic mass is 10.0. The summed E-state index contributed by atoms with van der Waals surface area (Å²) in [6.45, 7) is 5.40. The van der Waals surface area contributed by atoms with Crippen LogP contribution >= 0.6 is 0 Å². The summed E-state index contributed by atoms with van der Waals surface area (Å²) in [5.74, 6) is 1.34. The first-order chi connectivity index (χ1) is 12.9. The van der Waals surface area contributed by atoms with Crippen molar-refractivity contribution in [1.29, 1.82) is 0 Å². The Hall–Kier alpha value is -3.02. The number of benzene rings is 1. The van der Waals surface area contributed by atoms with Gasteiger partial charge in [0.1, 0.15) is 17.3 Å². The predicted molar refractivity (Wildman–Crippen MR) is 102 cm³/mol. The van der Waals surface area contributed by atoms with Gasteiger partial charge in [-0.05, 0) is 56.7 Å². The smallest absolute Gasteiger partial charge is 0.308 e. The molecule has 0 radical (unpaired) electrons. The van der Waals surface area contributed by atoms with Crippen molar-refractivity contribution in [2.75, 3.05) is 7.11 Å². The van der Waals surface area contributed by atoms with E-state index in [1.165, 1.54) is 6.08 Å². The average molecular weight is 371 g/mol. The van der Waals surface area contributed by atoms with Crippen molar-refractivity contribution in [2.24, 2.45) is 0 Å². The molecule has 0 aliphatic rings. The molecule has 1 heterocycles. The highest BCUT2D eigenvalue weighted by Gasteiger charge is 2.19. The molecule has 1 atom stereocenters. The van der Waals surface area contributed by atoms with E-state index in [0.29, 0.717) is 11.5 Å². The summed E-state index contributed by atoms with van der Waals surface area (Å²) in [6.07, 6.45) is 2.78. The van der Waals surface area contributed by atoms with Gasteiger partial charge in [0.05, 0.1) is 25.7 Å². The van der Waals surface area contributed by atoms with Gasteiger partial charge < -0.3 is 19.2 Å². The molecule has 0 aliphatic heterocycles. The average Bonchev–Trinajstić information content (AvgIpc) is 3.04. The van der Waals surface area contributed by atoms with Crippen molar-refractivity contribution in [3.63, 3.8) is 0 Å². The topological polar surface area (TPSA) is 77.8 Å². The quantitative estimate of drug-likeness (QED) is 0.564. The zero-order valence-electron chi connectivity index (χ0n) is 16.0. The molecule has 2 aromatic rings. The van der Waals surface area contributed by atoms with Gasteiger partial charge in [0.25, 0.3) is 0 Å². The molecular formula is C21H25NO5. The van der Waals surface area contributed by atoms with Crippen molar-refractivity contribution in [3.8, 4) is 5.75 Å². The van der Waals surface area contributed by atoms with E-state index in [1.807, 2.05) is 25.1 Å². The monoisotopic (exact) mass is 371 g/mol. The lowest BCUT2D eigenvalue weighted by Crippen LogP contribution is -2.29. The van der Waals surface area contributed by atoms with Crippen LogP contribution in [0, 0.1) is 6.92 Å². The predicted octanol–water partition coefficient (Wildman–Crippen LogP) is 3.81. The molecule has 0 aliphatic carbocycles. The molecule has 1 aromatic carbocycles. The Morgan fingerprint density at radius 2 is 1.85 bits per heavy atom. The second kappa shape index (κ2) is 9.62. The number of aryl methyl sites for hydroxylation is 1. The van der Waals surface area contributed by atoms with Gasteiger partial charge in [-0.25, -0.2) is 0 Å². The highest BCUT2D eigenvalue weighted by Crippen LogP contribution is 2.21. The van der Waals surface area contributed by atoms with Gasteiger partial charge in [0, 0.05) is 6.08 Å². The van der Waals surface area contributed by atoms with Gasteiger partial charge in [0.2, 0.25) is 5.91 Å². The summed E-state index contributed by atoms with van der Waals surface area (Å²) in [6, 6.07) is 10.3. The molecule has 1 N–H and O–H groups in total. The van der Waals surface area contributed by atoms with E-state index in [9.17, 15) is 9.59 Å². The molecule has 0 bridgehead atoms. The maximum atomic E-state index is 12.3. The Kier molecular flexibility index (Phi) is 7.23. The van der Waals surface area contributed by atoms with E-state index in [4.69, 9.17) is 13.9 Å². The normalized spacial score (nSPS) is 12.2. The Balaban J connectivity index is 2.11. The minimum absolute atomic E-state index is 0.0317. The molecule has 0 saturated heterocycles. The molecule has 144 valence electrons. The summed E-state index contributed by atoms with van der Waals surface area (Å²) in [5, 5.41) is 2.84. The molecule has 27 heavy (non-hydrogen) atoms. The molecular weight excluding hydrogens is 346 g/mol. The third kappa shape index (κ3) is 6.66. The van der Waals surface area contributed by atoms with Crippen molar-refractivity contribution >= 4 is 18.0 Å². The number of hydrogen-bond acceptors (Lipinski definition) is 5. The molecule has 1 aromatic heterocycles. The first kappa shape index (κ1) is 20.3. The Labute approximate surface area is 159 Å². The highest BCUT2D eigenvalue weighted by molar-refractivity contribution is 5.92. The molecule has 2 rings (SSSR count). The second-order valence-corrected chi connectivity index (χ2v) is 6.36. The van der Waals surface area contributed by atoms with Crippen LogP contribution in [0.3, 0.4) is 0 Å². The fraction of sp³-hybridized carbons (Fsp3) is 0.333. The molecule has 0 spiro atoms. The van der Waals surface area contributed by atoms with Crippen molar-refractivity contribution in [3.05, 3.63) is 59.6 Å². The summed E-state index contributed by atoms with van der Waals surface area (Å²) in [7, 11) is 1.58. The summed E-state index contributed by atoms with van der Waals surface area (Å²) < 4.78 is 15.8. The van der Waals surface area contributed by atoms with Crippen LogP contribution in [0.2, 0.25) is 0 Å². The SMILES string of the molecule is COc1ccc(C(CC(=O)OC(C)C)NC(=O)/C=C/c2ccc(C)o2)cc1. The van der Waals surface area contributed by atoms with Gasteiger partial charge in [-0.1, -0.05) is 12.1 Å². The fourth-order valence-corrected chi connectivity index (χ4v) is 2.49. The van der Waals surface area contributed by atoms with Crippen molar-refractivity contribution < 1.29 is 23.5 Å². The molecule has 6 nitrogen and oxygen atoms in total. The number of carbonyl (C=O) groups is 2. The van der Waals surface area contributed by atoms with Crippen LogP contribution in [0.15, 0.2) is 46.9 Å². The van der Waals surface area contributed by atoms with Crippen molar-refractivity contribution in [1.82, 2.24) is 5.32 Å². The van der Waals surface area contributed by atoms with Crippen LogP contribution in [-0.4, -0.2) is 25.1 Å². The van der Waals surface area contributed by atoms with Gasteiger partial charge in [-0.3, -0.25) is 9.59 Å². The first-order valence-corrected chi connectivity index (χ1v) is 8.76. The van der Waals surface area contributed by atoms with Crippen LogP contribution in [0.4, 0.5) is 0 Å². The van der Waals surface area contributed by atoms with E-state index in [1.54, 1.807) is 45.2 Å². The minimum Gasteiger partial charge on any atom is -0.497 e. The second-order valence-electron chi connectivity index (χ2n) is 6.36. The van der Waals surface area contributed by atoms with Gasteiger partial charge in [-0.2, -0.15) is 0 Å². The molecule has 1 unspecified atom stereocenters. The lowest BCUT2D eigenvalue weighted by molar-refractivity contribution is -0.148. The maximum Gasteiger partial charge on any atom is 0.308 e. The zero-order chi connectivity index (χ0) is 19.8. The number of hydrogen-bond donors (Lipinski definition) is 1. The van der Waals surface area contributed by atoms with E-state index in [-0.39, 0.29) is 24.4 Å². The number of esters is 1. The standard InChI is InChI=1S/C21H25NO5/c1-14(2)26-21(24)13-19(16-6-9-17(25-4)10-7-16)22-20(23)12-11-18-8-5-15(3)27-18/h5-12,14,19H,13H2,1-4H3,(H,22,23)/b12-11+. The van der Waals surface area contributed by atoms with Crippen LogP contribution in [0.25, 0.3) is 6.08 Å². The summed E-state index contributed by atoms with van der Waals surface area (Å²) in [4.78, 5) is 24.4. The Morgan fingerprint density at radius 3 is 2.41 bits per heavy atom. The summed E-state index contributed by atoms with van der Waals surface area (Å²) in [5.41, 5.74) is 0.784.